The Kier molecular flexibility index (Phi) is 5.35. The summed E-state index contributed by atoms with van der Waals surface area (Å²) >= 11 is 0. The number of nitrogens with zero attached hydrogens (tertiary/aromatic N) is 2. The molecule has 1 aliphatic heterocycles. The molecule has 164 valence electrons. The summed E-state index contributed by atoms with van der Waals surface area (Å²) in [6.45, 7) is 0.710. The predicted molar refractivity (Wildman–Crippen MR) is 111 cm³/mol. The van der Waals surface area contributed by atoms with Gasteiger partial charge in [-0.3, -0.25) is 4.79 Å². The number of nitrogens with one attached hydrogen (secondary N) is 1. The minimum absolute atomic E-state index is 0.119. The van der Waals surface area contributed by atoms with Crippen LogP contribution < -0.4 is 5.32 Å². The van der Waals surface area contributed by atoms with Gasteiger partial charge in [0.2, 0.25) is 5.91 Å². The van der Waals surface area contributed by atoms with Gasteiger partial charge in [-0.15, -0.1) is 0 Å². The van der Waals surface area contributed by atoms with E-state index in [1.54, 1.807) is 12.1 Å². The standard InChI is InChI=1S/C22H30FN3O3S/c23-20-4-1-3-15(12-20)13-25-5-2-6-26(30(25,28)29)14-21(27)24-22-18-8-16-7-17(10-18)11-19(22)9-16/h1,3-4,12,16-19,22H,2,5-11,13-14H2,(H,24,27). The molecule has 6 rings (SSSR count). The number of rotatable bonds is 5. The van der Waals surface area contributed by atoms with Crippen molar-refractivity contribution >= 4 is 16.1 Å². The molecule has 0 radical (unpaired) electrons. The molecule has 5 fully saturated rings. The molecule has 4 aliphatic carbocycles. The maximum absolute atomic E-state index is 13.5. The van der Waals surface area contributed by atoms with E-state index >= 15 is 0 Å². The highest BCUT2D eigenvalue weighted by molar-refractivity contribution is 7.86. The Morgan fingerprint density at radius 2 is 1.70 bits per heavy atom. The summed E-state index contributed by atoms with van der Waals surface area (Å²) in [6, 6.07) is 6.21. The van der Waals surface area contributed by atoms with Gasteiger partial charge < -0.3 is 5.32 Å². The van der Waals surface area contributed by atoms with Crippen molar-refractivity contribution < 1.29 is 17.6 Å². The highest BCUT2D eigenvalue weighted by Gasteiger charge is 2.48. The Morgan fingerprint density at radius 3 is 2.37 bits per heavy atom. The Labute approximate surface area is 178 Å². The summed E-state index contributed by atoms with van der Waals surface area (Å²) in [6.07, 6.45) is 6.85. The fourth-order valence-electron chi connectivity index (χ4n) is 6.53. The van der Waals surface area contributed by atoms with Crippen LogP contribution in [0.4, 0.5) is 4.39 Å². The van der Waals surface area contributed by atoms with Crippen LogP contribution in [0.2, 0.25) is 0 Å². The molecule has 0 unspecified atom stereocenters. The van der Waals surface area contributed by atoms with Gasteiger partial charge in [-0.25, -0.2) is 4.39 Å². The normalized spacial score (nSPS) is 35.4. The van der Waals surface area contributed by atoms with E-state index < -0.39 is 10.2 Å². The van der Waals surface area contributed by atoms with E-state index in [2.05, 4.69) is 5.32 Å². The number of halogens is 1. The number of carbonyl (C=O) groups excluding carboxylic acids is 1. The smallest absolute Gasteiger partial charge is 0.282 e. The number of hydrogen-bond donors (Lipinski definition) is 1. The van der Waals surface area contributed by atoms with Gasteiger partial charge in [0.25, 0.3) is 10.2 Å². The van der Waals surface area contributed by atoms with E-state index in [1.165, 1.54) is 52.8 Å². The number of hydrogen-bond acceptors (Lipinski definition) is 3. The van der Waals surface area contributed by atoms with Crippen molar-refractivity contribution in [3.8, 4) is 0 Å². The van der Waals surface area contributed by atoms with Gasteiger partial charge >= 0.3 is 0 Å². The Hall–Kier alpha value is -1.51. The van der Waals surface area contributed by atoms with Crippen LogP contribution in [-0.4, -0.2) is 48.6 Å². The summed E-state index contributed by atoms with van der Waals surface area (Å²) < 4.78 is 42.2. The van der Waals surface area contributed by atoms with E-state index in [-0.39, 0.29) is 30.9 Å². The lowest BCUT2D eigenvalue weighted by atomic mass is 9.54. The van der Waals surface area contributed by atoms with Gasteiger partial charge in [-0.1, -0.05) is 12.1 Å². The third kappa shape index (κ3) is 3.89. The largest absolute Gasteiger partial charge is 0.352 e. The van der Waals surface area contributed by atoms with Crippen LogP contribution in [0, 0.1) is 29.5 Å². The molecule has 8 heteroatoms. The minimum Gasteiger partial charge on any atom is -0.352 e. The van der Waals surface area contributed by atoms with E-state index in [0.717, 1.165) is 11.8 Å². The Bertz CT molecular complexity index is 894. The lowest BCUT2D eigenvalue weighted by molar-refractivity contribution is -0.125. The zero-order chi connectivity index (χ0) is 20.9. The first-order chi connectivity index (χ1) is 14.4. The molecular formula is C22H30FN3O3S. The summed E-state index contributed by atoms with van der Waals surface area (Å²) in [5.74, 6) is 2.22. The third-order valence-electron chi connectivity index (χ3n) is 7.59. The van der Waals surface area contributed by atoms with Gasteiger partial charge in [0, 0.05) is 25.7 Å². The van der Waals surface area contributed by atoms with E-state index in [4.69, 9.17) is 0 Å². The molecule has 1 aromatic carbocycles. The van der Waals surface area contributed by atoms with Crippen molar-refractivity contribution in [3.05, 3.63) is 35.6 Å². The second kappa shape index (κ2) is 7.88. The van der Waals surface area contributed by atoms with Crippen LogP contribution >= 0.6 is 0 Å². The second-order valence-corrected chi connectivity index (χ2v) is 11.6. The highest BCUT2D eigenvalue weighted by atomic mass is 32.2. The van der Waals surface area contributed by atoms with Gasteiger partial charge in [0.05, 0.1) is 6.54 Å². The summed E-state index contributed by atoms with van der Waals surface area (Å²) in [4.78, 5) is 12.8. The van der Waals surface area contributed by atoms with Crippen LogP contribution in [0.25, 0.3) is 0 Å². The average Bonchev–Trinajstić information content (AvgIpc) is 2.67. The summed E-state index contributed by atoms with van der Waals surface area (Å²) in [5.41, 5.74) is 0.610. The first-order valence-corrected chi connectivity index (χ1v) is 12.6. The number of carbonyl (C=O) groups is 1. The average molecular weight is 436 g/mol. The van der Waals surface area contributed by atoms with Gasteiger partial charge in [-0.2, -0.15) is 17.0 Å². The lowest BCUT2D eigenvalue weighted by Crippen LogP contribution is -2.58. The second-order valence-electron chi connectivity index (χ2n) is 9.68. The molecule has 4 bridgehead atoms. The molecule has 4 saturated carbocycles. The van der Waals surface area contributed by atoms with E-state index in [1.807, 2.05) is 0 Å². The molecule has 1 N–H and O–H groups in total. The minimum atomic E-state index is -3.75. The molecule has 6 nitrogen and oxygen atoms in total. The maximum atomic E-state index is 13.5. The van der Waals surface area contributed by atoms with Crippen molar-refractivity contribution in [3.63, 3.8) is 0 Å². The highest BCUT2D eigenvalue weighted by Crippen LogP contribution is 2.53. The molecule has 0 spiro atoms. The summed E-state index contributed by atoms with van der Waals surface area (Å²) in [5, 5.41) is 3.21. The van der Waals surface area contributed by atoms with E-state index in [9.17, 15) is 17.6 Å². The molecule has 1 heterocycles. The molecule has 30 heavy (non-hydrogen) atoms. The van der Waals surface area contributed by atoms with Crippen LogP contribution in [0.3, 0.4) is 0 Å². The Morgan fingerprint density at radius 1 is 1.03 bits per heavy atom. The van der Waals surface area contributed by atoms with Crippen molar-refractivity contribution in [1.82, 2.24) is 13.9 Å². The van der Waals surface area contributed by atoms with Crippen molar-refractivity contribution in [1.29, 1.82) is 0 Å². The van der Waals surface area contributed by atoms with E-state index in [0.29, 0.717) is 36.9 Å². The van der Waals surface area contributed by atoms with Crippen molar-refractivity contribution in [2.75, 3.05) is 19.6 Å². The summed E-state index contributed by atoms with van der Waals surface area (Å²) in [7, 11) is -3.75. The lowest BCUT2D eigenvalue weighted by Gasteiger charge is -2.54. The maximum Gasteiger partial charge on any atom is 0.282 e. The molecular weight excluding hydrogens is 405 g/mol. The Balaban J connectivity index is 1.22. The van der Waals surface area contributed by atoms with Crippen molar-refractivity contribution in [2.24, 2.45) is 23.7 Å². The number of benzene rings is 1. The van der Waals surface area contributed by atoms with Crippen LogP contribution in [0.5, 0.6) is 0 Å². The van der Waals surface area contributed by atoms with Crippen LogP contribution in [0.1, 0.15) is 44.1 Å². The number of amides is 1. The molecule has 5 aliphatic rings. The van der Waals surface area contributed by atoms with Crippen molar-refractivity contribution in [2.45, 2.75) is 51.1 Å². The predicted octanol–water partition coefficient (Wildman–Crippen LogP) is 2.52. The third-order valence-corrected chi connectivity index (χ3v) is 9.52. The first-order valence-electron chi connectivity index (χ1n) is 11.2. The quantitative estimate of drug-likeness (QED) is 0.773. The topological polar surface area (TPSA) is 69.7 Å². The first kappa shape index (κ1) is 20.4. The van der Waals surface area contributed by atoms with Gasteiger partial charge in [-0.05, 0) is 79.9 Å². The fourth-order valence-corrected chi connectivity index (χ4v) is 8.17. The SMILES string of the molecule is O=C(CN1CCCN(Cc2cccc(F)c2)S1(=O)=O)NC1C2CC3CC(C2)CC1C3. The zero-order valence-corrected chi connectivity index (χ0v) is 18.0. The monoisotopic (exact) mass is 435 g/mol. The van der Waals surface area contributed by atoms with Crippen LogP contribution in [0.15, 0.2) is 24.3 Å². The molecule has 0 aromatic heterocycles. The molecule has 0 atom stereocenters. The fraction of sp³-hybridized carbons (Fsp3) is 0.682. The van der Waals surface area contributed by atoms with Gasteiger partial charge in [0.1, 0.15) is 5.82 Å². The zero-order valence-electron chi connectivity index (χ0n) is 17.2. The van der Waals surface area contributed by atoms with Crippen LogP contribution in [-0.2, 0) is 21.5 Å². The van der Waals surface area contributed by atoms with Gasteiger partial charge in [0.15, 0.2) is 0 Å². The molecule has 1 aromatic rings. The molecule has 1 saturated heterocycles. The molecule has 1 amide bonds.